The number of ether oxygens (including phenoxy) is 1. The molecule has 110 valence electrons. The van der Waals surface area contributed by atoms with Crippen LogP contribution in [0.4, 0.5) is 0 Å². The minimum Gasteiger partial charge on any atom is -0.376 e. The van der Waals surface area contributed by atoms with Gasteiger partial charge >= 0.3 is 0 Å². The molecule has 1 fully saturated rings. The molecule has 4 nitrogen and oxygen atoms in total. The fourth-order valence-corrected chi connectivity index (χ4v) is 2.79. The quantitative estimate of drug-likeness (QED) is 0.886. The zero-order chi connectivity index (χ0) is 14.5. The van der Waals surface area contributed by atoms with E-state index in [0.29, 0.717) is 0 Å². The van der Waals surface area contributed by atoms with Crippen LogP contribution in [0.3, 0.4) is 0 Å². The van der Waals surface area contributed by atoms with E-state index < -0.39 is 0 Å². The van der Waals surface area contributed by atoms with Gasteiger partial charge in [-0.1, -0.05) is 36.9 Å². The topological polar surface area (TPSA) is 39.1 Å². The Labute approximate surface area is 125 Å². The Balaban J connectivity index is 1.71. The number of hydrogen-bond acceptors (Lipinski definition) is 3. The number of hydrogen-bond donors (Lipinski definition) is 1. The van der Waals surface area contributed by atoms with E-state index in [0.717, 1.165) is 31.6 Å². The molecule has 1 aliphatic heterocycles. The maximum Gasteiger partial charge on any atom is 0.0770 e. The van der Waals surface area contributed by atoms with Crippen LogP contribution in [0.5, 0.6) is 0 Å². The molecule has 1 aromatic heterocycles. The van der Waals surface area contributed by atoms with Crippen molar-refractivity contribution >= 4 is 6.20 Å². The van der Waals surface area contributed by atoms with Crippen LogP contribution >= 0.6 is 0 Å². The van der Waals surface area contributed by atoms with Gasteiger partial charge in [-0.05, 0) is 18.4 Å². The third kappa shape index (κ3) is 3.40. The lowest BCUT2D eigenvalue weighted by atomic mass is 9.99. The summed E-state index contributed by atoms with van der Waals surface area (Å²) >= 11 is 0. The predicted octanol–water partition coefficient (Wildman–Crippen LogP) is 2.99. The standard InChI is InChI=1S/C17H21N3O/c1-2-20-13-14(12-19-20)11-18-17(16-9-6-10-21-16)15-7-4-3-5-8-15/h2-5,7-8,12-13,16-18H,1,6,9-11H2. The summed E-state index contributed by atoms with van der Waals surface area (Å²) in [5.74, 6) is 0. The molecule has 0 spiro atoms. The average molecular weight is 283 g/mol. The molecule has 0 saturated carbocycles. The molecule has 1 N–H and O–H groups in total. The minimum absolute atomic E-state index is 0.223. The Kier molecular flexibility index (Phi) is 4.48. The van der Waals surface area contributed by atoms with Crippen molar-refractivity contribution < 1.29 is 4.74 Å². The summed E-state index contributed by atoms with van der Waals surface area (Å²) in [6.07, 6.45) is 8.05. The van der Waals surface area contributed by atoms with Gasteiger partial charge in [-0.2, -0.15) is 5.10 Å². The zero-order valence-electron chi connectivity index (χ0n) is 12.1. The molecule has 0 aliphatic carbocycles. The third-order valence-electron chi connectivity index (χ3n) is 3.86. The van der Waals surface area contributed by atoms with Crippen molar-refractivity contribution in [2.45, 2.75) is 31.5 Å². The maximum absolute atomic E-state index is 5.88. The molecule has 21 heavy (non-hydrogen) atoms. The summed E-state index contributed by atoms with van der Waals surface area (Å²) in [6.45, 7) is 5.35. The highest BCUT2D eigenvalue weighted by molar-refractivity contribution is 5.22. The summed E-state index contributed by atoms with van der Waals surface area (Å²) in [5.41, 5.74) is 2.43. The van der Waals surface area contributed by atoms with Gasteiger partial charge < -0.3 is 10.1 Å². The third-order valence-corrected chi connectivity index (χ3v) is 3.86. The van der Waals surface area contributed by atoms with Crippen molar-refractivity contribution in [3.8, 4) is 0 Å². The molecule has 0 bridgehead atoms. The highest BCUT2D eigenvalue weighted by Crippen LogP contribution is 2.27. The summed E-state index contributed by atoms with van der Waals surface area (Å²) in [4.78, 5) is 0. The average Bonchev–Trinajstić information content (AvgIpc) is 3.20. The van der Waals surface area contributed by atoms with E-state index in [1.807, 2.05) is 18.5 Å². The van der Waals surface area contributed by atoms with E-state index in [1.54, 1.807) is 10.9 Å². The van der Waals surface area contributed by atoms with Gasteiger partial charge in [0.1, 0.15) is 0 Å². The number of aromatic nitrogens is 2. The number of nitrogens with zero attached hydrogens (tertiary/aromatic N) is 2. The van der Waals surface area contributed by atoms with Gasteiger partial charge in [-0.3, -0.25) is 0 Å². The smallest absolute Gasteiger partial charge is 0.0770 e. The first-order valence-corrected chi connectivity index (χ1v) is 7.42. The Bertz CT molecular complexity index is 573. The van der Waals surface area contributed by atoms with Crippen LogP contribution in [0.15, 0.2) is 49.3 Å². The largest absolute Gasteiger partial charge is 0.376 e. The van der Waals surface area contributed by atoms with Crippen LogP contribution in [-0.2, 0) is 11.3 Å². The van der Waals surface area contributed by atoms with Gasteiger partial charge in [0, 0.05) is 31.1 Å². The van der Waals surface area contributed by atoms with E-state index >= 15 is 0 Å². The highest BCUT2D eigenvalue weighted by atomic mass is 16.5. The normalized spacial score (nSPS) is 19.5. The molecule has 2 atom stereocenters. The second kappa shape index (κ2) is 6.70. The summed E-state index contributed by atoms with van der Waals surface area (Å²) < 4.78 is 7.61. The molecule has 1 saturated heterocycles. The van der Waals surface area contributed by atoms with Crippen molar-refractivity contribution in [3.63, 3.8) is 0 Å². The molecular weight excluding hydrogens is 262 g/mol. The Morgan fingerprint density at radius 2 is 2.29 bits per heavy atom. The number of nitrogens with one attached hydrogen (secondary N) is 1. The summed E-state index contributed by atoms with van der Waals surface area (Å²) in [7, 11) is 0. The lowest BCUT2D eigenvalue weighted by molar-refractivity contribution is 0.0776. The SMILES string of the molecule is C=Cn1cc(CNC(c2ccccc2)C2CCCO2)cn1. The second-order valence-corrected chi connectivity index (χ2v) is 5.33. The molecule has 2 aromatic rings. The Morgan fingerprint density at radius 1 is 1.43 bits per heavy atom. The van der Waals surface area contributed by atoms with Crippen molar-refractivity contribution in [2.75, 3.05) is 6.61 Å². The molecule has 1 aromatic carbocycles. The Morgan fingerprint density at radius 3 is 2.95 bits per heavy atom. The minimum atomic E-state index is 0.223. The van der Waals surface area contributed by atoms with Crippen LogP contribution in [0, 0.1) is 0 Å². The first kappa shape index (κ1) is 14.0. The van der Waals surface area contributed by atoms with Crippen LogP contribution in [-0.4, -0.2) is 22.5 Å². The second-order valence-electron chi connectivity index (χ2n) is 5.33. The number of benzene rings is 1. The molecular formula is C17H21N3O. The monoisotopic (exact) mass is 283 g/mol. The molecule has 0 radical (unpaired) electrons. The van der Waals surface area contributed by atoms with E-state index in [4.69, 9.17) is 4.74 Å². The van der Waals surface area contributed by atoms with Crippen LogP contribution in [0.2, 0.25) is 0 Å². The van der Waals surface area contributed by atoms with Gasteiger partial charge in [-0.15, -0.1) is 0 Å². The van der Waals surface area contributed by atoms with E-state index in [9.17, 15) is 0 Å². The number of rotatable bonds is 6. The molecule has 3 rings (SSSR count). The van der Waals surface area contributed by atoms with E-state index in [1.165, 1.54) is 5.56 Å². The first-order valence-electron chi connectivity index (χ1n) is 7.42. The van der Waals surface area contributed by atoms with Crippen LogP contribution in [0.25, 0.3) is 6.20 Å². The predicted molar refractivity (Wildman–Crippen MR) is 83.6 cm³/mol. The molecule has 1 aliphatic rings. The van der Waals surface area contributed by atoms with Crippen molar-refractivity contribution in [3.05, 3.63) is 60.4 Å². The highest BCUT2D eigenvalue weighted by Gasteiger charge is 2.26. The summed E-state index contributed by atoms with van der Waals surface area (Å²) in [6, 6.07) is 10.7. The van der Waals surface area contributed by atoms with Crippen molar-refractivity contribution in [2.24, 2.45) is 0 Å². The zero-order valence-corrected chi connectivity index (χ0v) is 12.1. The van der Waals surface area contributed by atoms with Gasteiger partial charge in [0.25, 0.3) is 0 Å². The van der Waals surface area contributed by atoms with Crippen molar-refractivity contribution in [1.29, 1.82) is 0 Å². The fourth-order valence-electron chi connectivity index (χ4n) is 2.79. The van der Waals surface area contributed by atoms with E-state index in [-0.39, 0.29) is 12.1 Å². The first-order chi connectivity index (χ1) is 10.4. The maximum atomic E-state index is 5.88. The summed E-state index contributed by atoms with van der Waals surface area (Å²) in [5, 5.41) is 7.83. The van der Waals surface area contributed by atoms with E-state index in [2.05, 4.69) is 41.3 Å². The van der Waals surface area contributed by atoms with Gasteiger partial charge in [-0.25, -0.2) is 4.68 Å². The lowest BCUT2D eigenvalue weighted by Gasteiger charge is -2.24. The van der Waals surface area contributed by atoms with Gasteiger partial charge in [0.05, 0.1) is 18.3 Å². The van der Waals surface area contributed by atoms with Gasteiger partial charge in [0.2, 0.25) is 0 Å². The van der Waals surface area contributed by atoms with Crippen molar-refractivity contribution in [1.82, 2.24) is 15.1 Å². The fraction of sp³-hybridized carbons (Fsp3) is 0.353. The molecule has 2 unspecified atom stereocenters. The van der Waals surface area contributed by atoms with Crippen LogP contribution in [0.1, 0.15) is 30.0 Å². The molecule has 0 amide bonds. The van der Waals surface area contributed by atoms with Crippen LogP contribution < -0.4 is 5.32 Å². The lowest BCUT2D eigenvalue weighted by Crippen LogP contribution is -2.31. The molecule has 2 heterocycles. The van der Waals surface area contributed by atoms with Gasteiger partial charge in [0.15, 0.2) is 0 Å². The molecule has 4 heteroatoms. The Hall–Kier alpha value is -1.91.